The summed E-state index contributed by atoms with van der Waals surface area (Å²) in [6.07, 6.45) is 0.0505. The highest BCUT2D eigenvalue weighted by Gasteiger charge is 2.13. The number of aliphatic hydroxyl groups excluding tert-OH is 1. The van der Waals surface area contributed by atoms with Gasteiger partial charge in [-0.2, -0.15) is 0 Å². The van der Waals surface area contributed by atoms with Crippen LogP contribution in [0.1, 0.15) is 28.8 Å². The Morgan fingerprint density at radius 1 is 0.912 bits per heavy atom. The number of fused-ring (bicyclic) bond motifs is 1. The summed E-state index contributed by atoms with van der Waals surface area (Å²) in [6.45, 7) is 1.72. The van der Waals surface area contributed by atoms with Crippen molar-refractivity contribution in [1.82, 2.24) is 10.3 Å². The molecule has 0 aliphatic heterocycles. The minimum Gasteiger partial charge on any atom is -0.506 e. The second kappa shape index (κ2) is 11.0. The molecule has 4 aromatic rings. The number of hydrogen-bond acceptors (Lipinski definition) is 6. The summed E-state index contributed by atoms with van der Waals surface area (Å²) in [5.74, 6) is -0.0170. The largest absolute Gasteiger partial charge is 0.506 e. The number of H-pyrrole nitrogens is 1. The summed E-state index contributed by atoms with van der Waals surface area (Å²) in [4.78, 5) is 14.2. The summed E-state index contributed by atoms with van der Waals surface area (Å²) in [5, 5.41) is 27.9. The Morgan fingerprint density at radius 2 is 1.68 bits per heavy atom. The highest BCUT2D eigenvalue weighted by molar-refractivity contribution is 5.87. The number of pyridine rings is 1. The molecule has 0 amide bonds. The van der Waals surface area contributed by atoms with Crippen molar-refractivity contribution in [2.45, 2.75) is 18.6 Å². The topological polar surface area (TPSA) is 123 Å². The van der Waals surface area contributed by atoms with E-state index in [1.807, 2.05) is 42.5 Å². The molecule has 0 saturated heterocycles. The van der Waals surface area contributed by atoms with Crippen LogP contribution in [-0.2, 0) is 6.42 Å². The van der Waals surface area contributed by atoms with Crippen LogP contribution >= 0.6 is 0 Å². The van der Waals surface area contributed by atoms with Gasteiger partial charge in [0.25, 0.3) is 0 Å². The number of nitrogens with two attached hydrogens (primary N) is 1. The van der Waals surface area contributed by atoms with Crippen molar-refractivity contribution in [2.24, 2.45) is 5.73 Å². The Bertz CT molecular complexity index is 1270. The molecule has 7 N–H and O–H groups in total. The smallest absolute Gasteiger partial charge is 0.248 e. The molecule has 0 aliphatic carbocycles. The van der Waals surface area contributed by atoms with E-state index in [1.54, 1.807) is 12.1 Å². The lowest BCUT2D eigenvalue weighted by atomic mass is 10.0. The number of benzene rings is 3. The van der Waals surface area contributed by atoms with Gasteiger partial charge in [-0.3, -0.25) is 4.79 Å². The zero-order chi connectivity index (χ0) is 23.9. The molecule has 34 heavy (non-hydrogen) atoms. The van der Waals surface area contributed by atoms with Crippen molar-refractivity contribution in [3.8, 4) is 5.75 Å². The second-order valence-corrected chi connectivity index (χ2v) is 8.35. The monoisotopic (exact) mass is 458 g/mol. The fourth-order valence-corrected chi connectivity index (χ4v) is 3.97. The molecule has 1 heterocycles. The molecule has 2 atom stereocenters. The highest BCUT2D eigenvalue weighted by Crippen LogP contribution is 2.28. The Labute approximate surface area is 198 Å². The van der Waals surface area contributed by atoms with Gasteiger partial charge in [0.15, 0.2) is 0 Å². The SMILES string of the molecule is N[C@H](CNc1ccc(CCNC[C@H](O)c2ccc(O)c3[nH]c(=O)ccc23)cc1)c1ccccc1. The van der Waals surface area contributed by atoms with Gasteiger partial charge in [-0.1, -0.05) is 48.5 Å². The number of anilines is 1. The first-order chi connectivity index (χ1) is 16.5. The van der Waals surface area contributed by atoms with Crippen LogP contribution in [0.4, 0.5) is 5.69 Å². The number of aromatic amines is 1. The zero-order valence-electron chi connectivity index (χ0n) is 18.9. The van der Waals surface area contributed by atoms with Gasteiger partial charge in [0, 0.05) is 36.3 Å². The molecule has 1 aromatic heterocycles. The second-order valence-electron chi connectivity index (χ2n) is 8.35. The van der Waals surface area contributed by atoms with Crippen molar-refractivity contribution in [2.75, 3.05) is 25.0 Å². The van der Waals surface area contributed by atoms with Crippen LogP contribution in [0.15, 0.2) is 83.7 Å². The van der Waals surface area contributed by atoms with E-state index in [1.165, 1.54) is 17.7 Å². The number of aromatic nitrogens is 1. The van der Waals surface area contributed by atoms with E-state index in [0.717, 1.165) is 17.7 Å². The molecule has 4 rings (SSSR count). The van der Waals surface area contributed by atoms with E-state index in [4.69, 9.17) is 5.73 Å². The molecular formula is C27H30N4O3. The molecule has 0 aliphatic rings. The fourth-order valence-electron chi connectivity index (χ4n) is 3.97. The zero-order valence-corrected chi connectivity index (χ0v) is 18.9. The normalized spacial score (nSPS) is 13.0. The van der Waals surface area contributed by atoms with Gasteiger partial charge in [-0.05, 0) is 53.9 Å². The van der Waals surface area contributed by atoms with Gasteiger partial charge >= 0.3 is 0 Å². The predicted octanol–water partition coefficient (Wildman–Crippen LogP) is 3.21. The first-order valence-corrected chi connectivity index (χ1v) is 11.4. The van der Waals surface area contributed by atoms with Crippen molar-refractivity contribution in [1.29, 1.82) is 0 Å². The summed E-state index contributed by atoms with van der Waals surface area (Å²) in [6, 6.07) is 24.4. The molecule has 0 fully saturated rings. The van der Waals surface area contributed by atoms with E-state index >= 15 is 0 Å². The van der Waals surface area contributed by atoms with Gasteiger partial charge in [0.05, 0.1) is 11.6 Å². The van der Waals surface area contributed by atoms with E-state index in [2.05, 4.69) is 27.8 Å². The van der Waals surface area contributed by atoms with E-state index in [9.17, 15) is 15.0 Å². The Balaban J connectivity index is 1.24. The lowest BCUT2D eigenvalue weighted by molar-refractivity contribution is 0.176. The lowest BCUT2D eigenvalue weighted by Crippen LogP contribution is -2.24. The summed E-state index contributed by atoms with van der Waals surface area (Å²) in [7, 11) is 0. The van der Waals surface area contributed by atoms with Crippen LogP contribution in [-0.4, -0.2) is 34.8 Å². The third-order valence-electron chi connectivity index (χ3n) is 5.90. The van der Waals surface area contributed by atoms with Crippen molar-refractivity contribution >= 4 is 16.6 Å². The molecule has 0 bridgehead atoms. The first-order valence-electron chi connectivity index (χ1n) is 11.4. The van der Waals surface area contributed by atoms with Crippen LogP contribution in [0.3, 0.4) is 0 Å². The molecule has 7 heteroatoms. The third-order valence-corrected chi connectivity index (χ3v) is 5.90. The van der Waals surface area contributed by atoms with Crippen LogP contribution in [0, 0.1) is 0 Å². The van der Waals surface area contributed by atoms with Gasteiger partial charge in [-0.25, -0.2) is 0 Å². The molecule has 0 radical (unpaired) electrons. The molecule has 0 saturated carbocycles. The van der Waals surface area contributed by atoms with Gasteiger partial charge in [0.1, 0.15) is 5.75 Å². The molecule has 0 unspecified atom stereocenters. The Morgan fingerprint density at radius 3 is 2.44 bits per heavy atom. The van der Waals surface area contributed by atoms with Crippen molar-refractivity contribution in [3.63, 3.8) is 0 Å². The molecule has 176 valence electrons. The maximum absolute atomic E-state index is 11.6. The summed E-state index contributed by atoms with van der Waals surface area (Å²) in [5.41, 5.74) is 10.3. The Hall–Kier alpha value is -3.65. The van der Waals surface area contributed by atoms with Crippen LogP contribution in [0.2, 0.25) is 0 Å². The molecular weight excluding hydrogens is 428 g/mol. The Kier molecular flexibility index (Phi) is 7.59. The van der Waals surface area contributed by atoms with E-state index < -0.39 is 6.10 Å². The van der Waals surface area contributed by atoms with Gasteiger partial charge in [-0.15, -0.1) is 0 Å². The number of rotatable bonds is 10. The average molecular weight is 459 g/mol. The first kappa shape index (κ1) is 23.5. The molecule has 3 aromatic carbocycles. The van der Waals surface area contributed by atoms with Gasteiger partial charge < -0.3 is 31.6 Å². The van der Waals surface area contributed by atoms with Crippen LogP contribution < -0.4 is 21.9 Å². The number of phenolic OH excluding ortho intramolecular Hbond substituents is 1. The van der Waals surface area contributed by atoms with Crippen molar-refractivity contribution in [3.05, 3.63) is 106 Å². The van der Waals surface area contributed by atoms with Gasteiger partial charge in [0.2, 0.25) is 5.56 Å². The number of aliphatic hydroxyl groups is 1. The fraction of sp³-hybridized carbons (Fsp3) is 0.222. The number of aromatic hydroxyl groups is 1. The van der Waals surface area contributed by atoms with Crippen molar-refractivity contribution < 1.29 is 10.2 Å². The third kappa shape index (κ3) is 5.82. The number of phenols is 1. The van der Waals surface area contributed by atoms with Crippen LogP contribution in [0.25, 0.3) is 10.9 Å². The number of nitrogens with one attached hydrogen (secondary N) is 3. The minimum atomic E-state index is -0.769. The standard InChI is InChI=1S/C27H30N4O3/c28-23(19-4-2-1-3-5-19)16-30-20-8-6-18(7-9-20)14-15-29-17-25(33)21-10-12-24(32)27-22(21)11-13-26(34)31-27/h1-13,23,25,29-30,32-33H,14-17,28H2,(H,31,34)/t23-,25+/m1/s1. The highest BCUT2D eigenvalue weighted by atomic mass is 16.3. The van der Waals surface area contributed by atoms with Crippen LogP contribution in [0.5, 0.6) is 5.75 Å². The average Bonchev–Trinajstić information content (AvgIpc) is 2.87. The maximum Gasteiger partial charge on any atom is 0.248 e. The summed E-state index contributed by atoms with van der Waals surface area (Å²) < 4.78 is 0. The number of hydrogen-bond donors (Lipinski definition) is 6. The predicted molar refractivity (Wildman–Crippen MR) is 136 cm³/mol. The molecule has 0 spiro atoms. The molecule has 7 nitrogen and oxygen atoms in total. The van der Waals surface area contributed by atoms with E-state index in [-0.39, 0.29) is 17.4 Å². The quantitative estimate of drug-likeness (QED) is 0.203. The van der Waals surface area contributed by atoms with E-state index in [0.29, 0.717) is 36.1 Å². The minimum absolute atomic E-state index is 0.0170. The summed E-state index contributed by atoms with van der Waals surface area (Å²) >= 11 is 0. The lowest BCUT2D eigenvalue weighted by Gasteiger charge is -2.16. The maximum atomic E-state index is 11.6.